The Morgan fingerprint density at radius 2 is 2.21 bits per heavy atom. The summed E-state index contributed by atoms with van der Waals surface area (Å²) in [6.07, 6.45) is -0.164. The lowest BCUT2D eigenvalue weighted by molar-refractivity contribution is -0.137. The van der Waals surface area contributed by atoms with E-state index in [0.717, 1.165) is 0 Å². The van der Waals surface area contributed by atoms with Crippen molar-refractivity contribution < 1.29 is 9.90 Å². The third kappa shape index (κ3) is 2.61. The lowest BCUT2D eigenvalue weighted by Gasteiger charge is -2.11. The molecule has 4 nitrogen and oxygen atoms in total. The molecule has 0 saturated carbocycles. The number of nitrogen functional groups attached to an aromatic ring is 1. The molecule has 0 aromatic heterocycles. The van der Waals surface area contributed by atoms with Gasteiger partial charge < -0.3 is 16.6 Å². The highest BCUT2D eigenvalue weighted by Gasteiger charge is 2.13. The highest BCUT2D eigenvalue weighted by molar-refractivity contribution is 6.31. The van der Waals surface area contributed by atoms with Crippen LogP contribution in [0.5, 0.6) is 0 Å². The molecule has 0 aliphatic heterocycles. The van der Waals surface area contributed by atoms with Crippen LogP contribution in [0.15, 0.2) is 18.2 Å². The summed E-state index contributed by atoms with van der Waals surface area (Å²) >= 11 is 5.85. The largest absolute Gasteiger partial charge is 0.481 e. The van der Waals surface area contributed by atoms with E-state index in [2.05, 4.69) is 0 Å². The molecule has 0 fully saturated rings. The van der Waals surface area contributed by atoms with Gasteiger partial charge in [0.15, 0.2) is 0 Å². The zero-order valence-electron chi connectivity index (χ0n) is 7.40. The van der Waals surface area contributed by atoms with Crippen molar-refractivity contribution >= 4 is 23.3 Å². The number of carboxylic acid groups (broad SMARTS) is 1. The van der Waals surface area contributed by atoms with Gasteiger partial charge in [-0.2, -0.15) is 0 Å². The Morgan fingerprint density at radius 1 is 1.57 bits per heavy atom. The van der Waals surface area contributed by atoms with Crippen molar-refractivity contribution in [3.05, 3.63) is 28.8 Å². The fraction of sp³-hybridized carbons (Fsp3) is 0.222. The topological polar surface area (TPSA) is 89.3 Å². The maximum absolute atomic E-state index is 10.4. The molecule has 14 heavy (non-hydrogen) atoms. The van der Waals surface area contributed by atoms with Gasteiger partial charge in [-0.1, -0.05) is 11.6 Å². The number of carboxylic acids is 1. The third-order valence-corrected chi connectivity index (χ3v) is 2.16. The first-order valence-electron chi connectivity index (χ1n) is 4.03. The van der Waals surface area contributed by atoms with Crippen LogP contribution in [0, 0.1) is 0 Å². The van der Waals surface area contributed by atoms with Crippen LogP contribution in [-0.4, -0.2) is 11.1 Å². The Kier molecular flexibility index (Phi) is 3.33. The van der Waals surface area contributed by atoms with Crippen LogP contribution in [-0.2, 0) is 4.79 Å². The molecule has 5 heteroatoms. The zero-order chi connectivity index (χ0) is 10.7. The molecule has 0 unspecified atom stereocenters. The fourth-order valence-electron chi connectivity index (χ4n) is 1.14. The molecule has 1 aromatic carbocycles. The molecular weight excluding hydrogens is 204 g/mol. The Morgan fingerprint density at radius 3 is 2.79 bits per heavy atom. The van der Waals surface area contributed by atoms with Gasteiger partial charge in [-0.3, -0.25) is 4.79 Å². The number of halogens is 1. The van der Waals surface area contributed by atoms with Gasteiger partial charge in [0, 0.05) is 16.8 Å². The van der Waals surface area contributed by atoms with E-state index in [-0.39, 0.29) is 6.42 Å². The Bertz CT molecular complexity index is 355. The van der Waals surface area contributed by atoms with Crippen LogP contribution in [0.4, 0.5) is 5.69 Å². The molecule has 0 aliphatic carbocycles. The highest BCUT2D eigenvalue weighted by Crippen LogP contribution is 2.25. The maximum Gasteiger partial charge on any atom is 0.305 e. The molecule has 0 spiro atoms. The van der Waals surface area contributed by atoms with Gasteiger partial charge in [-0.05, 0) is 23.8 Å². The number of aliphatic carboxylic acids is 1. The summed E-state index contributed by atoms with van der Waals surface area (Å²) < 4.78 is 0. The average molecular weight is 215 g/mol. The van der Waals surface area contributed by atoms with Crippen LogP contribution in [0.2, 0.25) is 5.02 Å². The van der Waals surface area contributed by atoms with Crippen LogP contribution in [0.25, 0.3) is 0 Å². The molecule has 5 N–H and O–H groups in total. The summed E-state index contributed by atoms with van der Waals surface area (Å²) in [6.45, 7) is 0. The maximum atomic E-state index is 10.4. The first-order valence-corrected chi connectivity index (χ1v) is 4.41. The standard InChI is InChI=1S/C9H11ClN2O2/c10-7-2-1-5(11)3-6(7)8(12)4-9(13)14/h1-3,8H,4,11-12H2,(H,13,14)/t8-/m1/s1. The summed E-state index contributed by atoms with van der Waals surface area (Å²) in [5.41, 5.74) is 12.3. The van der Waals surface area contributed by atoms with Crippen LogP contribution < -0.4 is 11.5 Å². The summed E-state index contributed by atoms with van der Waals surface area (Å²) in [5.74, 6) is -0.962. The van der Waals surface area contributed by atoms with E-state index < -0.39 is 12.0 Å². The number of nitrogens with two attached hydrogens (primary N) is 2. The second-order valence-corrected chi connectivity index (χ2v) is 3.39. The van der Waals surface area contributed by atoms with Gasteiger partial charge in [0.05, 0.1) is 6.42 Å². The van der Waals surface area contributed by atoms with Crippen molar-refractivity contribution in [1.29, 1.82) is 0 Å². The Balaban J connectivity index is 2.93. The molecule has 1 aromatic rings. The van der Waals surface area contributed by atoms with E-state index in [1.165, 1.54) is 0 Å². The van der Waals surface area contributed by atoms with Crippen molar-refractivity contribution in [1.82, 2.24) is 0 Å². The van der Waals surface area contributed by atoms with Crippen molar-refractivity contribution in [3.8, 4) is 0 Å². The summed E-state index contributed by atoms with van der Waals surface area (Å²) in [5, 5.41) is 8.99. The van der Waals surface area contributed by atoms with Crippen LogP contribution >= 0.6 is 11.6 Å². The van der Waals surface area contributed by atoms with Crippen molar-refractivity contribution in [3.63, 3.8) is 0 Å². The molecule has 0 radical (unpaired) electrons. The van der Waals surface area contributed by atoms with Gasteiger partial charge >= 0.3 is 5.97 Å². The molecule has 0 bridgehead atoms. The quantitative estimate of drug-likeness (QED) is 0.664. The van der Waals surface area contributed by atoms with Crippen molar-refractivity contribution in [2.24, 2.45) is 5.73 Å². The number of carbonyl (C=O) groups is 1. The van der Waals surface area contributed by atoms with Gasteiger partial charge in [-0.15, -0.1) is 0 Å². The monoisotopic (exact) mass is 214 g/mol. The van der Waals surface area contributed by atoms with Gasteiger partial charge in [0.2, 0.25) is 0 Å². The lowest BCUT2D eigenvalue weighted by atomic mass is 10.0. The molecule has 76 valence electrons. The lowest BCUT2D eigenvalue weighted by Crippen LogP contribution is -2.15. The smallest absolute Gasteiger partial charge is 0.305 e. The Labute approximate surface area is 86.5 Å². The summed E-state index contributed by atoms with van der Waals surface area (Å²) in [6, 6.07) is 4.21. The predicted molar refractivity (Wildman–Crippen MR) is 55.0 cm³/mol. The van der Waals surface area contributed by atoms with Gasteiger partial charge in [0.25, 0.3) is 0 Å². The zero-order valence-corrected chi connectivity index (χ0v) is 8.16. The molecule has 0 amide bonds. The van der Waals surface area contributed by atoms with Crippen molar-refractivity contribution in [2.45, 2.75) is 12.5 Å². The van der Waals surface area contributed by atoms with Gasteiger partial charge in [0.1, 0.15) is 0 Å². The van der Waals surface area contributed by atoms with E-state index in [1.54, 1.807) is 18.2 Å². The minimum atomic E-state index is -0.962. The van der Waals surface area contributed by atoms with E-state index >= 15 is 0 Å². The number of anilines is 1. The summed E-state index contributed by atoms with van der Waals surface area (Å²) in [7, 11) is 0. The van der Waals surface area contributed by atoms with E-state index in [4.69, 9.17) is 28.2 Å². The molecule has 1 atom stereocenters. The van der Waals surface area contributed by atoms with Crippen LogP contribution in [0.3, 0.4) is 0 Å². The highest BCUT2D eigenvalue weighted by atomic mass is 35.5. The average Bonchev–Trinajstić information content (AvgIpc) is 2.08. The number of hydrogen-bond donors (Lipinski definition) is 3. The predicted octanol–water partition coefficient (Wildman–Crippen LogP) is 1.40. The second-order valence-electron chi connectivity index (χ2n) is 2.99. The van der Waals surface area contributed by atoms with E-state index in [9.17, 15) is 4.79 Å². The minimum absolute atomic E-state index is 0.164. The first-order chi connectivity index (χ1) is 6.50. The van der Waals surface area contributed by atoms with E-state index in [0.29, 0.717) is 16.3 Å². The normalized spacial score (nSPS) is 12.4. The molecule has 1 rings (SSSR count). The Hall–Kier alpha value is -1.26. The first kappa shape index (κ1) is 10.8. The molecule has 0 heterocycles. The van der Waals surface area contributed by atoms with Gasteiger partial charge in [-0.25, -0.2) is 0 Å². The minimum Gasteiger partial charge on any atom is -0.481 e. The number of benzene rings is 1. The van der Waals surface area contributed by atoms with Crippen LogP contribution in [0.1, 0.15) is 18.0 Å². The number of rotatable bonds is 3. The second kappa shape index (κ2) is 4.30. The summed E-state index contributed by atoms with van der Waals surface area (Å²) in [4.78, 5) is 10.4. The third-order valence-electron chi connectivity index (χ3n) is 1.81. The fourth-order valence-corrected chi connectivity index (χ4v) is 1.40. The van der Waals surface area contributed by atoms with Crippen molar-refractivity contribution in [2.75, 3.05) is 5.73 Å². The number of hydrogen-bond acceptors (Lipinski definition) is 3. The molecular formula is C9H11ClN2O2. The SMILES string of the molecule is Nc1ccc(Cl)c([C@H](N)CC(=O)O)c1. The van der Waals surface area contributed by atoms with E-state index in [1.807, 2.05) is 0 Å². The molecule has 0 aliphatic rings. The molecule has 0 saturated heterocycles.